The van der Waals surface area contributed by atoms with E-state index in [4.69, 9.17) is 16.1 Å². The molecule has 0 amide bonds. The van der Waals surface area contributed by atoms with Crippen molar-refractivity contribution >= 4 is 11.6 Å². The number of aromatic nitrogens is 4. The topological polar surface area (TPSA) is 56.7 Å². The number of rotatable bonds is 3. The Morgan fingerprint density at radius 2 is 2.07 bits per heavy atom. The molecule has 0 spiro atoms. The smallest absolute Gasteiger partial charge is 0.186 e. The van der Waals surface area contributed by atoms with Crippen LogP contribution in [0.25, 0.3) is 11.5 Å². The fourth-order valence-corrected chi connectivity index (χ4v) is 2.68. The lowest BCUT2D eigenvalue weighted by Gasteiger charge is -2.05. The minimum absolute atomic E-state index is 0.223. The van der Waals surface area contributed by atoms with Crippen molar-refractivity contribution in [2.75, 3.05) is 0 Å². The summed E-state index contributed by atoms with van der Waals surface area (Å²) in [6, 6.07) is 11.8. The third-order valence-electron chi connectivity index (χ3n) is 3.78. The minimum Gasteiger partial charge on any atom is -0.353 e. The van der Waals surface area contributed by atoms with Crippen LogP contribution in [0.2, 0.25) is 5.02 Å². The zero-order valence-electron chi connectivity index (χ0n) is 13.9. The second-order valence-electron chi connectivity index (χ2n) is 5.67. The average molecular weight is 379 g/mol. The zero-order chi connectivity index (χ0) is 18.6. The Morgan fingerprint density at radius 1 is 1.15 bits per heavy atom. The third kappa shape index (κ3) is 3.89. The SMILES string of the molecule is Fc1cccc(Cl)c1Cn1cc(C#Cc2cc(-c3ccccn3)on2)cn1. The first-order valence-corrected chi connectivity index (χ1v) is 8.42. The van der Waals surface area contributed by atoms with E-state index >= 15 is 0 Å². The van der Waals surface area contributed by atoms with Gasteiger partial charge >= 0.3 is 0 Å². The van der Waals surface area contributed by atoms with Crippen molar-refractivity contribution < 1.29 is 8.91 Å². The molecule has 27 heavy (non-hydrogen) atoms. The number of halogens is 2. The molecule has 132 valence electrons. The Labute approximate surface area is 159 Å². The summed E-state index contributed by atoms with van der Waals surface area (Å²) in [6.07, 6.45) is 5.00. The Kier molecular flexibility index (Phi) is 4.69. The molecule has 0 bridgehead atoms. The van der Waals surface area contributed by atoms with Crippen LogP contribution in [-0.2, 0) is 6.54 Å². The van der Waals surface area contributed by atoms with Crippen molar-refractivity contribution in [3.63, 3.8) is 0 Å². The molecular formula is C20H12ClFN4O. The number of pyridine rings is 1. The minimum atomic E-state index is -0.365. The van der Waals surface area contributed by atoms with Crippen LogP contribution >= 0.6 is 11.6 Å². The highest BCUT2D eigenvalue weighted by Gasteiger charge is 2.08. The number of hydrogen-bond donors (Lipinski definition) is 0. The van der Waals surface area contributed by atoms with Crippen molar-refractivity contribution in [1.29, 1.82) is 0 Å². The monoisotopic (exact) mass is 378 g/mol. The van der Waals surface area contributed by atoms with Crippen molar-refractivity contribution in [3.05, 3.63) is 88.7 Å². The van der Waals surface area contributed by atoms with Gasteiger partial charge in [0.25, 0.3) is 0 Å². The molecule has 0 radical (unpaired) electrons. The summed E-state index contributed by atoms with van der Waals surface area (Å²) >= 11 is 6.05. The van der Waals surface area contributed by atoms with Crippen molar-refractivity contribution in [1.82, 2.24) is 19.9 Å². The summed E-state index contributed by atoms with van der Waals surface area (Å²) in [5.74, 6) is 6.05. The van der Waals surface area contributed by atoms with E-state index in [0.29, 0.717) is 33.3 Å². The summed E-state index contributed by atoms with van der Waals surface area (Å²) in [7, 11) is 0. The Balaban J connectivity index is 1.50. The molecule has 3 aromatic heterocycles. The van der Waals surface area contributed by atoms with Crippen LogP contribution in [0.5, 0.6) is 0 Å². The predicted octanol–water partition coefficient (Wildman–Crippen LogP) is 4.17. The Bertz CT molecular complexity index is 1120. The van der Waals surface area contributed by atoms with Crippen LogP contribution in [0.1, 0.15) is 16.8 Å². The summed E-state index contributed by atoms with van der Waals surface area (Å²) in [4.78, 5) is 4.20. The van der Waals surface area contributed by atoms with Crippen LogP contribution < -0.4 is 0 Å². The van der Waals surface area contributed by atoms with Gasteiger partial charge in [0.2, 0.25) is 0 Å². The second-order valence-corrected chi connectivity index (χ2v) is 6.08. The van der Waals surface area contributed by atoms with Gasteiger partial charge < -0.3 is 4.52 Å². The molecule has 4 rings (SSSR count). The van der Waals surface area contributed by atoms with Gasteiger partial charge in [-0.05, 0) is 30.2 Å². The molecule has 4 aromatic rings. The lowest BCUT2D eigenvalue weighted by Crippen LogP contribution is -2.03. The Morgan fingerprint density at radius 3 is 2.89 bits per heavy atom. The average Bonchev–Trinajstić information content (AvgIpc) is 3.33. The van der Waals surface area contributed by atoms with Gasteiger partial charge in [0.1, 0.15) is 11.5 Å². The third-order valence-corrected chi connectivity index (χ3v) is 4.13. The van der Waals surface area contributed by atoms with Crippen LogP contribution in [0, 0.1) is 17.7 Å². The highest BCUT2D eigenvalue weighted by Crippen LogP contribution is 2.20. The molecule has 5 nitrogen and oxygen atoms in total. The molecule has 0 saturated heterocycles. The number of nitrogens with zero attached hydrogens (tertiary/aromatic N) is 4. The van der Waals surface area contributed by atoms with Gasteiger partial charge in [-0.2, -0.15) is 5.10 Å². The molecule has 0 saturated carbocycles. The quantitative estimate of drug-likeness (QED) is 0.502. The van der Waals surface area contributed by atoms with Gasteiger partial charge in [-0.1, -0.05) is 34.8 Å². The highest BCUT2D eigenvalue weighted by atomic mass is 35.5. The summed E-state index contributed by atoms with van der Waals surface area (Å²) < 4.78 is 20.7. The molecule has 0 N–H and O–H groups in total. The van der Waals surface area contributed by atoms with Gasteiger partial charge in [-0.15, -0.1) is 0 Å². The number of benzene rings is 1. The molecule has 0 atom stereocenters. The van der Waals surface area contributed by atoms with Crippen LogP contribution in [0.15, 0.2) is 65.6 Å². The first kappa shape index (κ1) is 17.0. The van der Waals surface area contributed by atoms with Crippen molar-refractivity contribution in [2.24, 2.45) is 0 Å². The standard InChI is InChI=1S/C20H12ClFN4O/c21-17-4-3-5-18(22)16(17)13-26-12-14(11-24-26)7-8-15-10-20(27-25-15)19-6-1-2-9-23-19/h1-6,9-12H,13H2. The fraction of sp³-hybridized carbons (Fsp3) is 0.0500. The van der Waals surface area contributed by atoms with E-state index in [1.165, 1.54) is 6.07 Å². The lowest BCUT2D eigenvalue weighted by molar-refractivity contribution is 0.429. The molecule has 0 aliphatic heterocycles. The number of hydrogen-bond acceptors (Lipinski definition) is 4. The van der Waals surface area contributed by atoms with E-state index in [9.17, 15) is 4.39 Å². The van der Waals surface area contributed by atoms with Gasteiger partial charge in [-0.3, -0.25) is 9.67 Å². The maximum absolute atomic E-state index is 13.9. The maximum atomic E-state index is 13.9. The summed E-state index contributed by atoms with van der Waals surface area (Å²) in [5.41, 5.74) is 2.23. The summed E-state index contributed by atoms with van der Waals surface area (Å²) in [6.45, 7) is 0.223. The molecule has 3 heterocycles. The van der Waals surface area contributed by atoms with E-state index in [-0.39, 0.29) is 12.4 Å². The van der Waals surface area contributed by atoms with E-state index in [2.05, 4.69) is 27.1 Å². The van der Waals surface area contributed by atoms with Crippen LogP contribution in [-0.4, -0.2) is 19.9 Å². The highest BCUT2D eigenvalue weighted by molar-refractivity contribution is 6.31. The normalized spacial score (nSPS) is 10.4. The van der Waals surface area contributed by atoms with Crippen LogP contribution in [0.3, 0.4) is 0 Å². The largest absolute Gasteiger partial charge is 0.353 e. The first-order valence-electron chi connectivity index (χ1n) is 8.04. The second kappa shape index (κ2) is 7.44. The van der Waals surface area contributed by atoms with E-state index in [1.807, 2.05) is 18.2 Å². The van der Waals surface area contributed by atoms with Gasteiger partial charge in [-0.25, -0.2) is 4.39 Å². The molecule has 1 aromatic carbocycles. The molecular weight excluding hydrogens is 367 g/mol. The maximum Gasteiger partial charge on any atom is 0.186 e. The van der Waals surface area contributed by atoms with E-state index in [1.54, 1.807) is 41.5 Å². The van der Waals surface area contributed by atoms with Crippen molar-refractivity contribution in [3.8, 4) is 23.3 Å². The Hall–Kier alpha value is -3.43. The predicted molar refractivity (Wildman–Crippen MR) is 98.5 cm³/mol. The zero-order valence-corrected chi connectivity index (χ0v) is 14.7. The lowest BCUT2D eigenvalue weighted by atomic mass is 10.2. The van der Waals surface area contributed by atoms with Crippen LogP contribution in [0.4, 0.5) is 4.39 Å². The van der Waals surface area contributed by atoms with E-state index in [0.717, 1.165) is 0 Å². The van der Waals surface area contributed by atoms with Gasteiger partial charge in [0.15, 0.2) is 11.5 Å². The molecule has 0 unspecified atom stereocenters. The molecule has 7 heteroatoms. The van der Waals surface area contributed by atoms with E-state index < -0.39 is 0 Å². The van der Waals surface area contributed by atoms with Gasteiger partial charge in [0.05, 0.1) is 18.3 Å². The fourth-order valence-electron chi connectivity index (χ4n) is 2.46. The molecule has 0 fully saturated rings. The first-order chi connectivity index (χ1) is 13.2. The summed E-state index contributed by atoms with van der Waals surface area (Å²) in [5, 5.41) is 8.48. The van der Waals surface area contributed by atoms with Gasteiger partial charge in [0, 0.05) is 29.0 Å². The molecule has 0 aliphatic carbocycles. The van der Waals surface area contributed by atoms with Crippen molar-refractivity contribution in [2.45, 2.75) is 6.54 Å². The molecule has 0 aliphatic rings.